The van der Waals surface area contributed by atoms with Gasteiger partial charge in [-0.2, -0.15) is 0 Å². The van der Waals surface area contributed by atoms with E-state index in [1.54, 1.807) is 12.4 Å². The fraction of sp³-hybridized carbons (Fsp3) is 0.533. The molecule has 116 valence electrons. The lowest BCUT2D eigenvalue weighted by molar-refractivity contribution is 0.0302. The van der Waals surface area contributed by atoms with Gasteiger partial charge in [0.1, 0.15) is 5.82 Å². The molecule has 2 atom stereocenters. The lowest BCUT2D eigenvalue weighted by atomic mass is 10.1. The molecule has 0 spiro atoms. The Labute approximate surface area is 129 Å². The number of nitrogens with zero attached hydrogens (tertiary/aromatic N) is 6. The molecule has 4 heterocycles. The Hall–Kier alpha value is -1.99. The SMILES string of the molecule is Cn1cncc1CN1C[C@@H]2OCCN(c3cnccn3)[C@@H]2C1. The second-order valence-electron chi connectivity index (χ2n) is 5.92. The first-order valence-electron chi connectivity index (χ1n) is 7.63. The number of hydrogen-bond donors (Lipinski definition) is 0. The number of imidazole rings is 1. The minimum absolute atomic E-state index is 0.240. The smallest absolute Gasteiger partial charge is 0.147 e. The highest BCUT2D eigenvalue weighted by Gasteiger charge is 2.40. The van der Waals surface area contributed by atoms with Crippen LogP contribution in [0.5, 0.6) is 0 Å². The zero-order valence-electron chi connectivity index (χ0n) is 12.7. The molecule has 0 radical (unpaired) electrons. The van der Waals surface area contributed by atoms with Crippen LogP contribution in [0.2, 0.25) is 0 Å². The van der Waals surface area contributed by atoms with Crippen molar-refractivity contribution < 1.29 is 4.74 Å². The number of ether oxygens (including phenoxy) is 1. The van der Waals surface area contributed by atoms with Gasteiger partial charge in [-0.25, -0.2) is 9.97 Å². The predicted molar refractivity (Wildman–Crippen MR) is 81.4 cm³/mol. The molecule has 0 saturated carbocycles. The minimum Gasteiger partial charge on any atom is -0.373 e. The van der Waals surface area contributed by atoms with Gasteiger partial charge in [-0.3, -0.25) is 9.88 Å². The van der Waals surface area contributed by atoms with Crippen LogP contribution in [0.15, 0.2) is 31.1 Å². The van der Waals surface area contributed by atoms with E-state index >= 15 is 0 Å². The summed E-state index contributed by atoms with van der Waals surface area (Å²) in [6, 6.07) is 0.346. The average molecular weight is 300 g/mol. The van der Waals surface area contributed by atoms with E-state index in [0.717, 1.165) is 38.6 Å². The molecule has 2 aliphatic rings. The van der Waals surface area contributed by atoms with Crippen LogP contribution in [0.25, 0.3) is 0 Å². The van der Waals surface area contributed by atoms with E-state index in [2.05, 4.69) is 29.3 Å². The number of rotatable bonds is 3. The van der Waals surface area contributed by atoms with Gasteiger partial charge in [-0.15, -0.1) is 0 Å². The Morgan fingerprint density at radius 3 is 2.95 bits per heavy atom. The molecule has 7 nitrogen and oxygen atoms in total. The normalized spacial score (nSPS) is 25.4. The van der Waals surface area contributed by atoms with Crippen molar-refractivity contribution in [2.75, 3.05) is 31.1 Å². The van der Waals surface area contributed by atoms with Gasteiger partial charge in [-0.1, -0.05) is 0 Å². The lowest BCUT2D eigenvalue weighted by Crippen LogP contribution is -2.51. The van der Waals surface area contributed by atoms with E-state index < -0.39 is 0 Å². The highest BCUT2D eigenvalue weighted by Crippen LogP contribution is 2.27. The first kappa shape index (κ1) is 13.7. The maximum Gasteiger partial charge on any atom is 0.147 e. The Kier molecular flexibility index (Phi) is 3.51. The third-order valence-corrected chi connectivity index (χ3v) is 4.52. The molecule has 0 amide bonds. The highest BCUT2D eigenvalue weighted by molar-refractivity contribution is 5.39. The zero-order valence-corrected chi connectivity index (χ0v) is 12.7. The van der Waals surface area contributed by atoms with E-state index in [1.807, 2.05) is 25.8 Å². The third-order valence-electron chi connectivity index (χ3n) is 4.52. The fourth-order valence-corrected chi connectivity index (χ4v) is 3.38. The van der Waals surface area contributed by atoms with Crippen molar-refractivity contribution in [1.29, 1.82) is 0 Å². The molecule has 2 saturated heterocycles. The fourth-order valence-electron chi connectivity index (χ4n) is 3.38. The highest BCUT2D eigenvalue weighted by atomic mass is 16.5. The van der Waals surface area contributed by atoms with Crippen LogP contribution in [-0.2, 0) is 18.3 Å². The van der Waals surface area contributed by atoms with Crippen LogP contribution in [0.1, 0.15) is 5.69 Å². The molecular weight excluding hydrogens is 280 g/mol. The van der Waals surface area contributed by atoms with Crippen LogP contribution >= 0.6 is 0 Å². The third kappa shape index (κ3) is 2.46. The Morgan fingerprint density at radius 1 is 1.23 bits per heavy atom. The van der Waals surface area contributed by atoms with Gasteiger partial charge >= 0.3 is 0 Å². The van der Waals surface area contributed by atoms with Gasteiger partial charge in [0.2, 0.25) is 0 Å². The van der Waals surface area contributed by atoms with Gasteiger partial charge in [-0.05, 0) is 0 Å². The second kappa shape index (κ2) is 5.66. The summed E-state index contributed by atoms with van der Waals surface area (Å²) < 4.78 is 8.05. The van der Waals surface area contributed by atoms with Crippen molar-refractivity contribution in [1.82, 2.24) is 24.4 Å². The minimum atomic E-state index is 0.240. The van der Waals surface area contributed by atoms with E-state index in [4.69, 9.17) is 4.74 Å². The molecule has 0 bridgehead atoms. The van der Waals surface area contributed by atoms with Crippen molar-refractivity contribution in [2.24, 2.45) is 7.05 Å². The standard InChI is InChI=1S/C15H20N6O/c1-19-11-17-6-12(19)8-20-9-13-14(10-20)22-5-4-21(13)15-7-16-2-3-18-15/h2-3,6-7,11,13-14H,4-5,8-10H2,1H3/t13-,14+/m1/s1. The van der Waals surface area contributed by atoms with Crippen molar-refractivity contribution in [3.05, 3.63) is 36.8 Å². The summed E-state index contributed by atoms with van der Waals surface area (Å²) in [5.74, 6) is 0.947. The largest absolute Gasteiger partial charge is 0.373 e. The Bertz CT molecular complexity index is 630. The van der Waals surface area contributed by atoms with Crippen molar-refractivity contribution in [2.45, 2.75) is 18.7 Å². The number of fused-ring (bicyclic) bond motifs is 1. The molecule has 2 aliphatic heterocycles. The van der Waals surface area contributed by atoms with Gasteiger partial charge in [0.25, 0.3) is 0 Å². The zero-order chi connectivity index (χ0) is 14.9. The maximum absolute atomic E-state index is 5.98. The molecule has 22 heavy (non-hydrogen) atoms. The van der Waals surface area contributed by atoms with E-state index in [-0.39, 0.29) is 6.10 Å². The summed E-state index contributed by atoms with van der Waals surface area (Å²) in [5, 5.41) is 0. The summed E-state index contributed by atoms with van der Waals surface area (Å²) in [4.78, 5) is 17.6. The van der Waals surface area contributed by atoms with E-state index in [1.165, 1.54) is 5.69 Å². The summed E-state index contributed by atoms with van der Waals surface area (Å²) in [7, 11) is 2.04. The molecule has 0 unspecified atom stereocenters. The van der Waals surface area contributed by atoms with Crippen LogP contribution in [0.4, 0.5) is 5.82 Å². The van der Waals surface area contributed by atoms with Crippen LogP contribution in [0, 0.1) is 0 Å². The lowest BCUT2D eigenvalue weighted by Gasteiger charge is -2.37. The molecule has 0 aromatic carbocycles. The molecule has 7 heteroatoms. The first-order valence-corrected chi connectivity index (χ1v) is 7.63. The summed E-state index contributed by atoms with van der Waals surface area (Å²) >= 11 is 0. The number of aromatic nitrogens is 4. The number of anilines is 1. The summed E-state index contributed by atoms with van der Waals surface area (Å²) in [6.07, 6.45) is 9.33. The van der Waals surface area contributed by atoms with E-state index in [9.17, 15) is 0 Å². The van der Waals surface area contributed by atoms with Crippen LogP contribution < -0.4 is 4.90 Å². The van der Waals surface area contributed by atoms with Crippen LogP contribution in [-0.4, -0.2) is 62.8 Å². The van der Waals surface area contributed by atoms with Crippen molar-refractivity contribution in [3.8, 4) is 0 Å². The molecule has 4 rings (SSSR count). The molecule has 0 aliphatic carbocycles. The van der Waals surface area contributed by atoms with Crippen LogP contribution in [0.3, 0.4) is 0 Å². The second-order valence-corrected chi connectivity index (χ2v) is 5.92. The van der Waals surface area contributed by atoms with Gasteiger partial charge < -0.3 is 14.2 Å². The number of hydrogen-bond acceptors (Lipinski definition) is 6. The van der Waals surface area contributed by atoms with Gasteiger partial charge in [0.15, 0.2) is 0 Å². The number of likely N-dealkylation sites (tertiary alicyclic amines) is 1. The Balaban J connectivity index is 1.50. The van der Waals surface area contributed by atoms with Crippen molar-refractivity contribution in [3.63, 3.8) is 0 Å². The molecule has 2 aromatic rings. The number of aryl methyl sites for hydroxylation is 1. The van der Waals surface area contributed by atoms with Gasteiger partial charge in [0, 0.05) is 51.8 Å². The molecular formula is C15H20N6O. The molecule has 0 N–H and O–H groups in total. The van der Waals surface area contributed by atoms with Crippen molar-refractivity contribution >= 4 is 5.82 Å². The maximum atomic E-state index is 5.98. The first-order chi connectivity index (χ1) is 10.8. The predicted octanol–water partition coefficient (Wildman–Crippen LogP) is 0.300. The monoisotopic (exact) mass is 300 g/mol. The number of morpholine rings is 1. The summed E-state index contributed by atoms with van der Waals surface area (Å²) in [5.41, 5.74) is 1.23. The molecule has 2 aromatic heterocycles. The summed E-state index contributed by atoms with van der Waals surface area (Å²) in [6.45, 7) is 4.46. The Morgan fingerprint density at radius 2 is 2.18 bits per heavy atom. The topological polar surface area (TPSA) is 59.3 Å². The van der Waals surface area contributed by atoms with Gasteiger partial charge in [0.05, 0.1) is 37.0 Å². The van der Waals surface area contributed by atoms with E-state index in [0.29, 0.717) is 6.04 Å². The quantitative estimate of drug-likeness (QED) is 0.812. The average Bonchev–Trinajstić information content (AvgIpc) is 3.14. The molecule has 2 fully saturated rings.